The standard InChI is InChI=1S/C18H27NOS/c1-3-19-17(18(2)10-4-12-21-18)8-6-14-5-7-16-15(13-14)9-11-20-16/h5,7,13,17,19H,3-4,6,8-12H2,1-2H3. The van der Waals surface area contributed by atoms with E-state index in [1.54, 1.807) is 0 Å². The van der Waals surface area contributed by atoms with Crippen LogP contribution < -0.4 is 10.1 Å². The fourth-order valence-electron chi connectivity index (χ4n) is 3.65. The number of hydrogen-bond acceptors (Lipinski definition) is 3. The molecule has 2 unspecified atom stereocenters. The first-order chi connectivity index (χ1) is 10.2. The van der Waals surface area contributed by atoms with Crippen molar-refractivity contribution in [3.8, 4) is 5.75 Å². The van der Waals surface area contributed by atoms with Crippen LogP contribution in [0.5, 0.6) is 5.75 Å². The monoisotopic (exact) mass is 305 g/mol. The number of ether oxygens (including phenoxy) is 1. The predicted octanol–water partition coefficient (Wildman–Crippen LogP) is 3.82. The molecule has 0 radical (unpaired) electrons. The van der Waals surface area contributed by atoms with Gasteiger partial charge in [-0.15, -0.1) is 0 Å². The van der Waals surface area contributed by atoms with Crippen LogP contribution in [0.2, 0.25) is 0 Å². The van der Waals surface area contributed by atoms with Crippen molar-refractivity contribution in [3.63, 3.8) is 0 Å². The fourth-order valence-corrected chi connectivity index (χ4v) is 5.10. The summed E-state index contributed by atoms with van der Waals surface area (Å²) in [5, 5.41) is 3.74. The molecule has 2 heterocycles. The Hall–Kier alpha value is -0.670. The van der Waals surface area contributed by atoms with Crippen molar-refractivity contribution in [3.05, 3.63) is 29.3 Å². The third-order valence-corrected chi connectivity index (χ3v) is 6.55. The fraction of sp³-hybridized carbons (Fsp3) is 0.667. The summed E-state index contributed by atoms with van der Waals surface area (Å²) in [6, 6.07) is 7.39. The maximum atomic E-state index is 5.60. The summed E-state index contributed by atoms with van der Waals surface area (Å²) >= 11 is 2.17. The molecule has 2 atom stereocenters. The third kappa shape index (κ3) is 3.40. The molecule has 116 valence electrons. The zero-order valence-corrected chi connectivity index (χ0v) is 14.1. The van der Waals surface area contributed by atoms with E-state index in [1.165, 1.54) is 42.6 Å². The van der Waals surface area contributed by atoms with Gasteiger partial charge in [0.1, 0.15) is 5.75 Å². The first-order valence-corrected chi connectivity index (χ1v) is 9.32. The lowest BCUT2D eigenvalue weighted by molar-refractivity contribution is 0.356. The van der Waals surface area contributed by atoms with E-state index in [2.05, 4.69) is 49.1 Å². The molecule has 21 heavy (non-hydrogen) atoms. The van der Waals surface area contributed by atoms with E-state index >= 15 is 0 Å². The highest BCUT2D eigenvalue weighted by Crippen LogP contribution is 2.41. The Bertz CT molecular complexity index is 482. The Morgan fingerprint density at radius 3 is 3.10 bits per heavy atom. The summed E-state index contributed by atoms with van der Waals surface area (Å²) in [4.78, 5) is 0. The minimum atomic E-state index is 0.426. The first kappa shape index (κ1) is 15.2. The van der Waals surface area contributed by atoms with E-state index < -0.39 is 0 Å². The molecule has 0 bridgehead atoms. The molecule has 3 heteroatoms. The topological polar surface area (TPSA) is 21.3 Å². The van der Waals surface area contributed by atoms with Crippen molar-refractivity contribution in [2.24, 2.45) is 0 Å². The Balaban J connectivity index is 1.64. The minimum absolute atomic E-state index is 0.426. The number of hydrogen-bond donors (Lipinski definition) is 1. The van der Waals surface area contributed by atoms with Crippen molar-refractivity contribution >= 4 is 11.8 Å². The van der Waals surface area contributed by atoms with Gasteiger partial charge in [0, 0.05) is 17.2 Å². The summed E-state index contributed by atoms with van der Waals surface area (Å²) in [6.45, 7) is 6.60. The van der Waals surface area contributed by atoms with Crippen molar-refractivity contribution in [2.45, 2.75) is 56.7 Å². The average molecular weight is 305 g/mol. The molecule has 0 aliphatic carbocycles. The van der Waals surface area contributed by atoms with E-state index in [0.717, 1.165) is 25.3 Å². The molecule has 1 fully saturated rings. The molecular formula is C18H27NOS. The highest BCUT2D eigenvalue weighted by molar-refractivity contribution is 8.00. The molecule has 1 saturated heterocycles. The highest BCUT2D eigenvalue weighted by Gasteiger charge is 2.36. The van der Waals surface area contributed by atoms with Crippen LogP contribution in [-0.2, 0) is 12.8 Å². The normalized spacial score (nSPS) is 25.6. The van der Waals surface area contributed by atoms with E-state index in [4.69, 9.17) is 4.74 Å². The number of benzene rings is 1. The van der Waals surface area contributed by atoms with Gasteiger partial charge in [0.15, 0.2) is 0 Å². The van der Waals surface area contributed by atoms with Gasteiger partial charge in [-0.1, -0.05) is 19.1 Å². The largest absolute Gasteiger partial charge is 0.493 e. The molecule has 3 rings (SSSR count). The lowest BCUT2D eigenvalue weighted by atomic mass is 9.90. The van der Waals surface area contributed by atoms with Crippen LogP contribution in [0.25, 0.3) is 0 Å². The van der Waals surface area contributed by atoms with Gasteiger partial charge in [0.25, 0.3) is 0 Å². The molecule has 0 saturated carbocycles. The Kier molecular flexibility index (Phi) is 4.80. The molecule has 2 aliphatic rings. The molecule has 2 nitrogen and oxygen atoms in total. The zero-order valence-electron chi connectivity index (χ0n) is 13.3. The van der Waals surface area contributed by atoms with Crippen LogP contribution in [0.3, 0.4) is 0 Å². The number of nitrogens with one attached hydrogen (secondary N) is 1. The molecule has 1 aromatic rings. The van der Waals surface area contributed by atoms with Crippen LogP contribution in [0.1, 0.15) is 44.2 Å². The van der Waals surface area contributed by atoms with Gasteiger partial charge in [-0.2, -0.15) is 11.8 Å². The van der Waals surface area contributed by atoms with Crippen molar-refractivity contribution in [2.75, 3.05) is 18.9 Å². The molecule has 1 N–H and O–H groups in total. The van der Waals surface area contributed by atoms with Gasteiger partial charge in [-0.3, -0.25) is 0 Å². The van der Waals surface area contributed by atoms with Gasteiger partial charge in [-0.25, -0.2) is 0 Å². The maximum Gasteiger partial charge on any atom is 0.122 e. The Morgan fingerprint density at radius 1 is 1.43 bits per heavy atom. The lowest BCUT2D eigenvalue weighted by Crippen LogP contribution is -2.45. The predicted molar refractivity (Wildman–Crippen MR) is 91.5 cm³/mol. The number of fused-ring (bicyclic) bond motifs is 1. The second kappa shape index (κ2) is 6.62. The summed E-state index contributed by atoms with van der Waals surface area (Å²) in [5.74, 6) is 2.43. The first-order valence-electron chi connectivity index (χ1n) is 8.33. The summed E-state index contributed by atoms with van der Waals surface area (Å²) in [6.07, 6.45) is 6.21. The van der Waals surface area contributed by atoms with Crippen LogP contribution in [-0.4, -0.2) is 29.7 Å². The molecule has 2 aliphatic heterocycles. The summed E-state index contributed by atoms with van der Waals surface area (Å²) in [5.41, 5.74) is 2.86. The van der Waals surface area contributed by atoms with Crippen molar-refractivity contribution in [1.82, 2.24) is 5.32 Å². The second-order valence-corrected chi connectivity index (χ2v) is 8.08. The molecular weight excluding hydrogens is 278 g/mol. The smallest absolute Gasteiger partial charge is 0.122 e. The molecule has 1 aromatic carbocycles. The number of rotatable bonds is 6. The van der Waals surface area contributed by atoms with Gasteiger partial charge < -0.3 is 10.1 Å². The average Bonchev–Trinajstić information content (AvgIpc) is 3.12. The second-order valence-electron chi connectivity index (χ2n) is 6.45. The summed E-state index contributed by atoms with van der Waals surface area (Å²) < 4.78 is 6.03. The van der Waals surface area contributed by atoms with Gasteiger partial charge in [-0.05, 0) is 62.1 Å². The molecule has 0 amide bonds. The van der Waals surface area contributed by atoms with E-state index in [-0.39, 0.29) is 0 Å². The molecule has 0 spiro atoms. The Labute approximate surface area is 133 Å². The summed E-state index contributed by atoms with van der Waals surface area (Å²) in [7, 11) is 0. The van der Waals surface area contributed by atoms with E-state index in [0.29, 0.717) is 10.8 Å². The quantitative estimate of drug-likeness (QED) is 0.863. The SMILES string of the molecule is CCNC(CCc1ccc2c(c1)CCO2)C1(C)CCCS1. The number of aryl methyl sites for hydroxylation is 1. The van der Waals surface area contributed by atoms with Gasteiger partial charge >= 0.3 is 0 Å². The highest BCUT2D eigenvalue weighted by atomic mass is 32.2. The zero-order chi connectivity index (χ0) is 14.7. The van der Waals surface area contributed by atoms with Crippen LogP contribution in [0.15, 0.2) is 18.2 Å². The van der Waals surface area contributed by atoms with Gasteiger partial charge in [0.05, 0.1) is 6.61 Å². The van der Waals surface area contributed by atoms with E-state index in [9.17, 15) is 0 Å². The van der Waals surface area contributed by atoms with Crippen LogP contribution in [0, 0.1) is 0 Å². The Morgan fingerprint density at radius 2 is 2.33 bits per heavy atom. The lowest BCUT2D eigenvalue weighted by Gasteiger charge is -2.34. The molecule has 0 aromatic heterocycles. The van der Waals surface area contributed by atoms with Crippen LogP contribution in [0.4, 0.5) is 0 Å². The van der Waals surface area contributed by atoms with E-state index in [1.807, 2.05) is 0 Å². The minimum Gasteiger partial charge on any atom is -0.493 e. The van der Waals surface area contributed by atoms with Crippen LogP contribution >= 0.6 is 11.8 Å². The van der Waals surface area contributed by atoms with Crippen molar-refractivity contribution < 1.29 is 4.74 Å². The maximum absolute atomic E-state index is 5.60. The van der Waals surface area contributed by atoms with Gasteiger partial charge in [0.2, 0.25) is 0 Å². The number of thioether (sulfide) groups is 1. The third-order valence-electron chi connectivity index (χ3n) is 4.91. The van der Waals surface area contributed by atoms with Crippen molar-refractivity contribution in [1.29, 1.82) is 0 Å².